The van der Waals surface area contributed by atoms with E-state index in [0.29, 0.717) is 10.9 Å². The normalized spacial score (nSPS) is 12.8. The molecule has 0 N–H and O–H groups in total. The van der Waals surface area contributed by atoms with E-state index in [1.54, 1.807) is 16.9 Å². The largest absolute Gasteiger partial charge is 0.482 e. The Labute approximate surface area is 134 Å². The molecule has 0 spiro atoms. The minimum atomic E-state index is -0.168. The lowest BCUT2D eigenvalue weighted by molar-refractivity contribution is 0.223. The SMILES string of the molecule is CC(C)c1cc(OC(C)c2ccccn2)c2c(Cl)cnn2c1. The molecular formula is C17H18ClN3O. The Hall–Kier alpha value is -2.07. The molecule has 3 heterocycles. The van der Waals surface area contributed by atoms with E-state index in [2.05, 4.69) is 23.9 Å². The van der Waals surface area contributed by atoms with Gasteiger partial charge in [-0.1, -0.05) is 31.5 Å². The molecule has 1 unspecified atom stereocenters. The maximum Gasteiger partial charge on any atom is 0.147 e. The number of rotatable bonds is 4. The third kappa shape index (κ3) is 2.79. The van der Waals surface area contributed by atoms with Crippen molar-refractivity contribution in [2.45, 2.75) is 32.8 Å². The first-order valence-electron chi connectivity index (χ1n) is 7.30. The molecule has 22 heavy (non-hydrogen) atoms. The summed E-state index contributed by atoms with van der Waals surface area (Å²) in [5.74, 6) is 1.10. The Kier molecular flexibility index (Phi) is 4.03. The van der Waals surface area contributed by atoms with Gasteiger partial charge in [0, 0.05) is 12.4 Å². The van der Waals surface area contributed by atoms with Gasteiger partial charge in [0.15, 0.2) is 0 Å². The van der Waals surface area contributed by atoms with Crippen LogP contribution >= 0.6 is 11.6 Å². The molecule has 0 aliphatic carbocycles. The average molecular weight is 316 g/mol. The fraction of sp³-hybridized carbons (Fsp3) is 0.294. The smallest absolute Gasteiger partial charge is 0.147 e. The van der Waals surface area contributed by atoms with E-state index in [4.69, 9.17) is 16.3 Å². The van der Waals surface area contributed by atoms with Crippen molar-refractivity contribution in [1.82, 2.24) is 14.6 Å². The Bertz CT molecular complexity index is 783. The van der Waals surface area contributed by atoms with Gasteiger partial charge in [0.2, 0.25) is 0 Å². The van der Waals surface area contributed by atoms with E-state index in [1.165, 1.54) is 0 Å². The van der Waals surface area contributed by atoms with Gasteiger partial charge in [0.1, 0.15) is 17.4 Å². The third-order valence-electron chi connectivity index (χ3n) is 3.63. The van der Waals surface area contributed by atoms with E-state index < -0.39 is 0 Å². The lowest BCUT2D eigenvalue weighted by Crippen LogP contribution is -2.07. The van der Waals surface area contributed by atoms with E-state index in [-0.39, 0.29) is 6.10 Å². The molecule has 0 aromatic carbocycles. The first kappa shape index (κ1) is 14.9. The zero-order valence-corrected chi connectivity index (χ0v) is 13.6. The van der Waals surface area contributed by atoms with Gasteiger partial charge in [0.05, 0.1) is 16.9 Å². The summed E-state index contributed by atoms with van der Waals surface area (Å²) in [6, 6.07) is 7.83. The molecule has 0 radical (unpaired) electrons. The van der Waals surface area contributed by atoms with Crippen LogP contribution in [0.25, 0.3) is 5.52 Å². The van der Waals surface area contributed by atoms with Crippen LogP contribution in [-0.4, -0.2) is 14.6 Å². The van der Waals surface area contributed by atoms with Crippen molar-refractivity contribution in [1.29, 1.82) is 0 Å². The summed E-state index contributed by atoms with van der Waals surface area (Å²) >= 11 is 6.26. The number of hydrogen-bond acceptors (Lipinski definition) is 3. The highest BCUT2D eigenvalue weighted by atomic mass is 35.5. The Morgan fingerprint density at radius 2 is 2.05 bits per heavy atom. The fourth-order valence-corrected chi connectivity index (χ4v) is 2.56. The minimum Gasteiger partial charge on any atom is -0.482 e. The third-order valence-corrected chi connectivity index (χ3v) is 3.90. The molecule has 4 nitrogen and oxygen atoms in total. The van der Waals surface area contributed by atoms with Crippen LogP contribution in [-0.2, 0) is 0 Å². The van der Waals surface area contributed by atoms with Crippen molar-refractivity contribution >= 4 is 17.1 Å². The van der Waals surface area contributed by atoms with Crippen molar-refractivity contribution in [2.24, 2.45) is 0 Å². The Morgan fingerprint density at radius 1 is 1.23 bits per heavy atom. The zero-order valence-electron chi connectivity index (χ0n) is 12.8. The van der Waals surface area contributed by atoms with Crippen molar-refractivity contribution in [3.8, 4) is 5.75 Å². The van der Waals surface area contributed by atoms with Gasteiger partial charge in [-0.25, -0.2) is 4.52 Å². The van der Waals surface area contributed by atoms with E-state index >= 15 is 0 Å². The van der Waals surface area contributed by atoms with Crippen LogP contribution in [0.4, 0.5) is 0 Å². The predicted molar refractivity (Wildman–Crippen MR) is 87.6 cm³/mol. The second-order valence-corrected chi connectivity index (χ2v) is 6.00. The average Bonchev–Trinajstić information content (AvgIpc) is 2.89. The minimum absolute atomic E-state index is 0.168. The van der Waals surface area contributed by atoms with Gasteiger partial charge in [-0.3, -0.25) is 4.98 Å². The monoisotopic (exact) mass is 315 g/mol. The molecule has 114 valence electrons. The van der Waals surface area contributed by atoms with Gasteiger partial charge in [-0.15, -0.1) is 0 Å². The predicted octanol–water partition coefficient (Wildman–Crippen LogP) is 4.65. The van der Waals surface area contributed by atoms with Gasteiger partial charge >= 0.3 is 0 Å². The van der Waals surface area contributed by atoms with Gasteiger partial charge in [-0.05, 0) is 36.6 Å². The molecule has 0 saturated carbocycles. The van der Waals surface area contributed by atoms with Crippen molar-refractivity contribution in [3.63, 3.8) is 0 Å². The van der Waals surface area contributed by atoms with Crippen molar-refractivity contribution < 1.29 is 4.74 Å². The number of fused-ring (bicyclic) bond motifs is 1. The molecule has 3 aromatic rings. The first-order valence-corrected chi connectivity index (χ1v) is 7.68. The van der Waals surface area contributed by atoms with E-state index in [9.17, 15) is 0 Å². The molecule has 0 saturated heterocycles. The van der Waals surface area contributed by atoms with Crippen molar-refractivity contribution in [3.05, 3.63) is 59.1 Å². The lowest BCUT2D eigenvalue weighted by Gasteiger charge is -2.17. The quantitative estimate of drug-likeness (QED) is 0.703. The topological polar surface area (TPSA) is 39.4 Å². The fourth-order valence-electron chi connectivity index (χ4n) is 2.34. The van der Waals surface area contributed by atoms with Gasteiger partial charge in [0.25, 0.3) is 0 Å². The summed E-state index contributed by atoms with van der Waals surface area (Å²) in [7, 11) is 0. The molecule has 1 atom stereocenters. The van der Waals surface area contributed by atoms with Crippen LogP contribution in [0.15, 0.2) is 42.9 Å². The van der Waals surface area contributed by atoms with Gasteiger partial charge < -0.3 is 4.74 Å². The molecule has 0 aliphatic heterocycles. The molecule has 3 rings (SSSR count). The maximum absolute atomic E-state index is 6.26. The highest BCUT2D eigenvalue weighted by molar-refractivity contribution is 6.34. The summed E-state index contributed by atoms with van der Waals surface area (Å²) < 4.78 is 7.91. The van der Waals surface area contributed by atoms with E-state index in [0.717, 1.165) is 22.5 Å². The van der Waals surface area contributed by atoms with Crippen LogP contribution in [0, 0.1) is 0 Å². The van der Waals surface area contributed by atoms with Gasteiger partial charge in [-0.2, -0.15) is 5.10 Å². The summed E-state index contributed by atoms with van der Waals surface area (Å²) in [5, 5.41) is 4.87. The molecule has 0 fully saturated rings. The maximum atomic E-state index is 6.26. The van der Waals surface area contributed by atoms with Crippen molar-refractivity contribution in [2.75, 3.05) is 0 Å². The van der Waals surface area contributed by atoms with Crippen LogP contribution < -0.4 is 4.74 Å². The molecule has 3 aromatic heterocycles. The summed E-state index contributed by atoms with van der Waals surface area (Å²) in [6.07, 6.45) is 5.23. The zero-order chi connectivity index (χ0) is 15.7. The summed E-state index contributed by atoms with van der Waals surface area (Å²) in [4.78, 5) is 4.34. The number of halogens is 1. The molecule has 0 bridgehead atoms. The highest BCUT2D eigenvalue weighted by Gasteiger charge is 2.16. The Balaban J connectivity index is 2.03. The summed E-state index contributed by atoms with van der Waals surface area (Å²) in [5.41, 5.74) is 2.82. The molecule has 0 amide bonds. The highest BCUT2D eigenvalue weighted by Crippen LogP contribution is 2.33. The number of hydrogen-bond donors (Lipinski definition) is 0. The Morgan fingerprint density at radius 3 is 2.73 bits per heavy atom. The molecular weight excluding hydrogens is 298 g/mol. The standard InChI is InChI=1S/C17H18ClN3O/c1-11(2)13-8-16(17-14(18)9-20-21(17)10-13)22-12(3)15-6-4-5-7-19-15/h4-12H,1-3H3. The van der Waals surface area contributed by atoms with E-state index in [1.807, 2.05) is 37.4 Å². The second kappa shape index (κ2) is 5.97. The number of pyridine rings is 2. The van der Waals surface area contributed by atoms with Crippen LogP contribution in [0.3, 0.4) is 0 Å². The second-order valence-electron chi connectivity index (χ2n) is 5.59. The van der Waals surface area contributed by atoms with Crippen LogP contribution in [0.2, 0.25) is 5.02 Å². The van der Waals surface area contributed by atoms with Crippen LogP contribution in [0.5, 0.6) is 5.75 Å². The molecule has 5 heteroatoms. The number of aromatic nitrogens is 3. The summed E-state index contributed by atoms with van der Waals surface area (Å²) in [6.45, 7) is 6.25. The lowest BCUT2D eigenvalue weighted by atomic mass is 10.1. The number of nitrogens with zero attached hydrogens (tertiary/aromatic N) is 3. The number of ether oxygens (including phenoxy) is 1. The molecule has 0 aliphatic rings. The first-order chi connectivity index (χ1) is 10.6. The van der Waals surface area contributed by atoms with Crippen LogP contribution in [0.1, 0.15) is 44.1 Å².